The highest BCUT2D eigenvalue weighted by Crippen LogP contribution is 2.31. The number of halogens is 2. The van der Waals surface area contributed by atoms with Gasteiger partial charge in [-0.1, -0.05) is 6.92 Å². The second kappa shape index (κ2) is 5.72. The molecule has 1 N–H and O–H groups in total. The molecule has 1 rings (SSSR count). The average molecular weight is 352 g/mol. The third-order valence-electron chi connectivity index (χ3n) is 2.96. The molecule has 0 saturated carbocycles. The second-order valence-electron chi connectivity index (χ2n) is 3.95. The van der Waals surface area contributed by atoms with Gasteiger partial charge in [0.05, 0.1) is 8.49 Å². The van der Waals surface area contributed by atoms with Crippen LogP contribution in [0, 0.1) is 19.5 Å². The zero-order valence-corrected chi connectivity index (χ0v) is 12.0. The van der Waals surface area contributed by atoms with Gasteiger partial charge in [0.15, 0.2) is 0 Å². The maximum atomic E-state index is 13.5. The number of rotatable bonds is 4. The molecular weight excluding hydrogens is 338 g/mol. The summed E-state index contributed by atoms with van der Waals surface area (Å²) in [4.78, 5) is 10.5. The van der Waals surface area contributed by atoms with Crippen LogP contribution >= 0.6 is 22.6 Å². The van der Waals surface area contributed by atoms with Gasteiger partial charge in [-0.2, -0.15) is 0 Å². The molecule has 6 heteroatoms. The molecule has 0 bridgehead atoms. The standard InChI is InChI=1S/C11H14FIN2O2/c1-6(7(2)14-3)8-4-9(12)10(13)5-11(8)15(16)17/h4-7,14H,1-3H3. The third-order valence-corrected chi connectivity index (χ3v) is 3.79. The zero-order valence-electron chi connectivity index (χ0n) is 9.83. The summed E-state index contributed by atoms with van der Waals surface area (Å²) in [6, 6.07) is 2.58. The molecule has 0 aromatic heterocycles. The van der Waals surface area contributed by atoms with Crippen molar-refractivity contribution < 1.29 is 9.31 Å². The van der Waals surface area contributed by atoms with Gasteiger partial charge < -0.3 is 5.32 Å². The SMILES string of the molecule is CNC(C)C(C)c1cc(F)c(I)cc1[N+](=O)[O-]. The summed E-state index contributed by atoms with van der Waals surface area (Å²) >= 11 is 1.75. The van der Waals surface area contributed by atoms with Crippen LogP contribution < -0.4 is 5.32 Å². The molecule has 2 unspecified atom stereocenters. The van der Waals surface area contributed by atoms with Gasteiger partial charge in [-0.15, -0.1) is 0 Å². The first-order valence-electron chi connectivity index (χ1n) is 5.19. The van der Waals surface area contributed by atoms with E-state index >= 15 is 0 Å². The molecule has 4 nitrogen and oxygen atoms in total. The van der Waals surface area contributed by atoms with Crippen LogP contribution in [-0.2, 0) is 0 Å². The molecule has 0 aliphatic rings. The number of hydrogen-bond donors (Lipinski definition) is 1. The normalized spacial score (nSPS) is 14.4. The van der Waals surface area contributed by atoms with Gasteiger partial charge in [0.2, 0.25) is 0 Å². The molecule has 1 aromatic rings. The van der Waals surface area contributed by atoms with Crippen molar-refractivity contribution in [3.63, 3.8) is 0 Å². The van der Waals surface area contributed by atoms with Crippen LogP contribution in [0.25, 0.3) is 0 Å². The summed E-state index contributed by atoms with van der Waals surface area (Å²) < 4.78 is 13.8. The lowest BCUT2D eigenvalue weighted by atomic mass is 9.93. The minimum absolute atomic E-state index is 0.0228. The van der Waals surface area contributed by atoms with Crippen molar-refractivity contribution in [3.05, 3.63) is 37.2 Å². The smallest absolute Gasteiger partial charge is 0.274 e. The summed E-state index contributed by atoms with van der Waals surface area (Å²) in [6.07, 6.45) is 0. The van der Waals surface area contributed by atoms with E-state index in [9.17, 15) is 14.5 Å². The minimum Gasteiger partial charge on any atom is -0.317 e. The highest BCUT2D eigenvalue weighted by molar-refractivity contribution is 14.1. The number of likely N-dealkylation sites (N-methyl/N-ethyl adjacent to an activating group) is 1. The fourth-order valence-corrected chi connectivity index (χ4v) is 2.04. The molecule has 0 saturated heterocycles. The van der Waals surface area contributed by atoms with Crippen molar-refractivity contribution in [1.82, 2.24) is 5.32 Å². The van der Waals surface area contributed by atoms with Crippen molar-refractivity contribution >= 4 is 28.3 Å². The van der Waals surface area contributed by atoms with Crippen molar-refractivity contribution in [1.29, 1.82) is 0 Å². The number of benzene rings is 1. The maximum Gasteiger partial charge on any atom is 0.274 e. The topological polar surface area (TPSA) is 55.2 Å². The first kappa shape index (κ1) is 14.3. The summed E-state index contributed by atoms with van der Waals surface area (Å²) in [7, 11) is 1.77. The van der Waals surface area contributed by atoms with Crippen LogP contribution in [0.4, 0.5) is 10.1 Å². The summed E-state index contributed by atoms with van der Waals surface area (Å²) in [5.41, 5.74) is 0.403. The number of hydrogen-bond acceptors (Lipinski definition) is 3. The molecule has 0 heterocycles. The number of nitrogens with one attached hydrogen (secondary N) is 1. The molecule has 0 fully saturated rings. The number of nitro groups is 1. The van der Waals surface area contributed by atoms with Crippen molar-refractivity contribution in [2.75, 3.05) is 7.05 Å². The van der Waals surface area contributed by atoms with Gasteiger partial charge >= 0.3 is 0 Å². The van der Waals surface area contributed by atoms with Crippen LogP contribution in [0.3, 0.4) is 0 Å². The van der Waals surface area contributed by atoms with E-state index in [4.69, 9.17) is 0 Å². The van der Waals surface area contributed by atoms with Crippen LogP contribution in [-0.4, -0.2) is 18.0 Å². The first-order chi connectivity index (χ1) is 7.88. The first-order valence-corrected chi connectivity index (χ1v) is 6.27. The van der Waals surface area contributed by atoms with E-state index in [1.165, 1.54) is 12.1 Å². The Labute approximate surface area is 113 Å². The van der Waals surface area contributed by atoms with Gasteiger partial charge in [-0.25, -0.2) is 4.39 Å². The van der Waals surface area contributed by atoms with E-state index in [2.05, 4.69) is 5.32 Å². The Kier molecular flexibility index (Phi) is 4.81. The van der Waals surface area contributed by atoms with Crippen LogP contribution in [0.2, 0.25) is 0 Å². The highest BCUT2D eigenvalue weighted by Gasteiger charge is 2.24. The average Bonchev–Trinajstić information content (AvgIpc) is 2.29. The largest absolute Gasteiger partial charge is 0.317 e. The molecule has 0 radical (unpaired) electrons. The minimum atomic E-state index is -0.462. The van der Waals surface area contributed by atoms with E-state index in [0.717, 1.165) is 0 Å². The number of nitrogens with zero attached hydrogens (tertiary/aromatic N) is 1. The van der Waals surface area contributed by atoms with E-state index in [-0.39, 0.29) is 21.2 Å². The van der Waals surface area contributed by atoms with E-state index in [1.807, 2.05) is 13.8 Å². The number of nitro benzene ring substituents is 1. The highest BCUT2D eigenvalue weighted by atomic mass is 127. The molecule has 0 spiro atoms. The van der Waals surface area contributed by atoms with E-state index < -0.39 is 10.7 Å². The quantitative estimate of drug-likeness (QED) is 0.515. The molecule has 1 aromatic carbocycles. The third kappa shape index (κ3) is 3.12. The lowest BCUT2D eigenvalue weighted by Crippen LogP contribution is -2.27. The van der Waals surface area contributed by atoms with Crippen molar-refractivity contribution in [2.45, 2.75) is 25.8 Å². The van der Waals surface area contributed by atoms with Crippen molar-refractivity contribution in [2.24, 2.45) is 0 Å². The summed E-state index contributed by atoms with van der Waals surface area (Å²) in [5.74, 6) is -0.548. The van der Waals surface area contributed by atoms with Crippen molar-refractivity contribution in [3.8, 4) is 0 Å². The maximum absolute atomic E-state index is 13.5. The van der Waals surface area contributed by atoms with Gasteiger partial charge in [0, 0.05) is 23.6 Å². The molecule has 0 amide bonds. The molecular formula is C11H14FIN2O2. The Bertz CT molecular complexity index is 440. The second-order valence-corrected chi connectivity index (χ2v) is 5.11. The lowest BCUT2D eigenvalue weighted by molar-refractivity contribution is -0.385. The van der Waals surface area contributed by atoms with Gasteiger partial charge in [0.25, 0.3) is 5.69 Å². The lowest BCUT2D eigenvalue weighted by Gasteiger charge is -2.19. The predicted molar refractivity (Wildman–Crippen MR) is 72.7 cm³/mol. The Hall–Kier alpha value is -0.760. The van der Waals surface area contributed by atoms with Gasteiger partial charge in [-0.3, -0.25) is 10.1 Å². The fourth-order valence-electron chi connectivity index (χ4n) is 1.59. The monoisotopic (exact) mass is 352 g/mol. The van der Waals surface area contributed by atoms with E-state index in [1.54, 1.807) is 29.6 Å². The Morgan fingerprint density at radius 2 is 2.06 bits per heavy atom. The molecule has 0 aliphatic heterocycles. The summed E-state index contributed by atoms with van der Waals surface area (Å²) in [5, 5.41) is 14.0. The predicted octanol–water partition coefficient (Wildman–Crippen LogP) is 3.05. The Morgan fingerprint density at radius 1 is 1.47 bits per heavy atom. The van der Waals surface area contributed by atoms with Gasteiger partial charge in [-0.05, 0) is 42.6 Å². The van der Waals surface area contributed by atoms with E-state index in [0.29, 0.717) is 5.56 Å². The molecule has 17 heavy (non-hydrogen) atoms. The Balaban J connectivity index is 3.30. The molecule has 2 atom stereocenters. The summed E-state index contributed by atoms with van der Waals surface area (Å²) in [6.45, 7) is 3.75. The van der Waals surface area contributed by atoms with Crippen LogP contribution in [0.15, 0.2) is 12.1 Å². The fraction of sp³-hybridized carbons (Fsp3) is 0.455. The molecule has 0 aliphatic carbocycles. The Morgan fingerprint density at radius 3 is 2.53 bits per heavy atom. The van der Waals surface area contributed by atoms with Gasteiger partial charge in [0.1, 0.15) is 5.82 Å². The zero-order chi connectivity index (χ0) is 13.2. The van der Waals surface area contributed by atoms with Crippen LogP contribution in [0.5, 0.6) is 0 Å². The van der Waals surface area contributed by atoms with Crippen LogP contribution in [0.1, 0.15) is 25.3 Å². The molecule has 94 valence electrons.